The normalized spacial score (nSPS) is 11.1. The molecule has 0 saturated heterocycles. The second kappa shape index (κ2) is 31.3. The second-order valence-electron chi connectivity index (χ2n) is 27.2. The number of rotatable bonds is 20. The number of fused-ring (bicyclic) bond motifs is 6. The highest BCUT2D eigenvalue weighted by atomic mass is 16.5. The fourth-order valence-corrected chi connectivity index (χ4v) is 14.4. The van der Waals surface area contributed by atoms with E-state index in [4.69, 9.17) is 47.0 Å². The molecule has 0 bridgehead atoms. The Balaban J connectivity index is 0.843. The zero-order valence-corrected chi connectivity index (χ0v) is 60.8. The Morgan fingerprint density at radius 1 is 0.316 bits per heavy atom. The van der Waals surface area contributed by atoms with Crippen LogP contribution in [0.2, 0.25) is 0 Å². The number of hydrogen-bond donors (Lipinski definition) is 0. The molecule has 0 aliphatic rings. The molecular weight excluding hydrogens is 1420 g/mol. The minimum absolute atomic E-state index is 0.0540. The third kappa shape index (κ3) is 14.4. The van der Waals surface area contributed by atoms with Crippen LogP contribution in [0.1, 0.15) is 69.2 Å². The van der Waals surface area contributed by atoms with Crippen molar-refractivity contribution in [3.8, 4) is 85.0 Å². The van der Waals surface area contributed by atoms with Gasteiger partial charge in [-0.3, -0.25) is 0 Å². The number of esters is 4. The Kier molecular flexibility index (Phi) is 19.5. The van der Waals surface area contributed by atoms with Gasteiger partial charge in [-0.15, -0.1) is 0 Å². The maximum Gasteiger partial charge on any atom is 0.338 e. The van der Waals surface area contributed by atoms with Crippen molar-refractivity contribution >= 4 is 78.9 Å². The number of nitrogens with zero attached hydrogens (tertiary/aromatic N) is 8. The van der Waals surface area contributed by atoms with Crippen LogP contribution in [0.25, 0.3) is 132 Å². The summed E-state index contributed by atoms with van der Waals surface area (Å²) in [6.07, 6.45) is 0. The summed E-state index contributed by atoms with van der Waals surface area (Å²) in [6.45, 7) is 16.6. The Bertz CT molecular complexity index is 6240. The van der Waals surface area contributed by atoms with Gasteiger partial charge in [-0.2, -0.15) is 5.26 Å². The monoisotopic (exact) mass is 1480 g/mol. The van der Waals surface area contributed by atoms with Gasteiger partial charge in [-0.1, -0.05) is 194 Å². The molecule has 0 amide bonds. The predicted molar refractivity (Wildman–Crippen MR) is 441 cm³/mol. The van der Waals surface area contributed by atoms with Crippen molar-refractivity contribution < 1.29 is 38.1 Å². The molecule has 0 aliphatic heterocycles. The number of aromatic nitrogens is 5. The largest absolute Gasteiger partial charge is 0.457 e. The zero-order valence-electron chi connectivity index (χ0n) is 60.8. The molecule has 0 unspecified atom stereocenters. The lowest BCUT2D eigenvalue weighted by atomic mass is 9.98. The highest BCUT2D eigenvalue weighted by Crippen LogP contribution is 2.44. The highest BCUT2D eigenvalue weighted by molar-refractivity contribution is 6.15. The van der Waals surface area contributed by atoms with Crippen LogP contribution < -0.4 is 0 Å². The number of carbonyl (C=O) groups is 4. The fourth-order valence-electron chi connectivity index (χ4n) is 14.4. The van der Waals surface area contributed by atoms with Gasteiger partial charge in [0.2, 0.25) is 0 Å². The van der Waals surface area contributed by atoms with Crippen molar-refractivity contribution in [2.45, 2.75) is 26.4 Å². The number of hydrogen-bond acceptors (Lipinski definition) is 12. The first kappa shape index (κ1) is 71.0. The van der Waals surface area contributed by atoms with Crippen LogP contribution in [-0.4, -0.2) is 48.0 Å². The summed E-state index contributed by atoms with van der Waals surface area (Å²) in [5, 5.41) is 13.1. The SMILES string of the molecule is [C-]#[N+]c1cccc(-c2cc(-c3nc(-c4cccc(-c5ccccc5[N+]#[C-])c4)nc(-c4ccc(-n5c6ccc(C(=O)OCc7ccccc7)cc6c6cc(C(=O)OCc7ccccc7)ccc65)c(-c5cccc(C#N)c5)c4)n3)ccc2-n2c3ccc(C(=O)OCc4ccccc4)cc3c3cc(C(=O)OCc4ccccc4)ccc32)c1. The van der Waals surface area contributed by atoms with Crippen molar-refractivity contribution in [1.82, 2.24) is 24.1 Å². The summed E-state index contributed by atoms with van der Waals surface area (Å²) in [5.74, 6) is -1.31. The van der Waals surface area contributed by atoms with Crippen LogP contribution in [0.4, 0.5) is 11.4 Å². The maximum absolute atomic E-state index is 14.1. The molecule has 3 heterocycles. The first-order chi connectivity index (χ1) is 56.0. The Morgan fingerprint density at radius 3 is 1.04 bits per heavy atom. The van der Waals surface area contributed by atoms with Crippen LogP contribution in [0, 0.1) is 24.5 Å². The van der Waals surface area contributed by atoms with Crippen molar-refractivity contribution in [2.75, 3.05) is 0 Å². The van der Waals surface area contributed by atoms with E-state index in [2.05, 4.69) is 24.9 Å². The highest BCUT2D eigenvalue weighted by Gasteiger charge is 2.26. The maximum atomic E-state index is 14.1. The lowest BCUT2D eigenvalue weighted by molar-refractivity contribution is 0.0464. The van der Waals surface area contributed by atoms with Crippen LogP contribution in [0.3, 0.4) is 0 Å². The molecule has 0 aliphatic carbocycles. The standard InChI is InChI=1S/C98H62N8O8/c1-100-77-33-19-31-69(50-77)80-52-72(37-43-87(80)106-90-46-40-75(97(109)113-60-64-24-11-5-12-25-64)55-83(90)84-56-76(41-47-91(84)106)98(110)114-61-65-26-13-6-14-27-65)94-103-92(70-32-18-30-68(49-70)78-34-15-16-35-85(78)101-2)102-93(104-94)71-36-42-86(79(51-71)67-29-17-28-66(48-67)57-99)105-88-44-38-73(95(107)111-58-62-20-7-3-8-21-62)53-81(88)82-54-74(39-45-89(82)105)96(108)112-59-63-22-9-4-10-23-63/h3-56H,58-61H2. The molecule has 17 rings (SSSR count). The van der Waals surface area contributed by atoms with Gasteiger partial charge in [0.1, 0.15) is 26.4 Å². The Hall–Kier alpha value is -16.0. The number of nitriles is 1. The van der Waals surface area contributed by atoms with Gasteiger partial charge < -0.3 is 28.1 Å². The van der Waals surface area contributed by atoms with Crippen LogP contribution >= 0.6 is 0 Å². The molecule has 0 saturated carbocycles. The number of carbonyl (C=O) groups excluding carboxylic acids is 4. The number of benzene rings is 14. The quantitative estimate of drug-likeness (QED) is 0.0400. The van der Waals surface area contributed by atoms with Gasteiger partial charge in [0, 0.05) is 49.4 Å². The van der Waals surface area contributed by atoms with E-state index in [1.54, 1.807) is 66.7 Å². The smallest absolute Gasteiger partial charge is 0.338 e. The van der Waals surface area contributed by atoms with Gasteiger partial charge in [0.05, 0.1) is 80.5 Å². The second-order valence-corrected chi connectivity index (χ2v) is 27.2. The minimum Gasteiger partial charge on any atom is -0.457 e. The molecule has 0 N–H and O–H groups in total. The molecule has 16 heteroatoms. The van der Waals surface area contributed by atoms with Gasteiger partial charge >= 0.3 is 23.9 Å². The van der Waals surface area contributed by atoms with Gasteiger partial charge in [-0.25, -0.2) is 43.8 Å². The van der Waals surface area contributed by atoms with Crippen LogP contribution in [0.15, 0.2) is 328 Å². The molecule has 3 aromatic heterocycles. The van der Waals surface area contributed by atoms with E-state index in [1.165, 1.54) is 0 Å². The molecule has 0 spiro atoms. The van der Waals surface area contributed by atoms with Gasteiger partial charge in [0.15, 0.2) is 28.8 Å². The topological polar surface area (TPSA) is 186 Å². The molecule has 0 fully saturated rings. The Labute approximate surface area is 654 Å². The van der Waals surface area contributed by atoms with E-state index >= 15 is 0 Å². The van der Waals surface area contributed by atoms with Crippen LogP contribution in [0.5, 0.6) is 0 Å². The molecule has 0 radical (unpaired) electrons. The summed E-state index contributed by atoms with van der Waals surface area (Å²) in [5.41, 5.74) is 15.7. The summed E-state index contributed by atoms with van der Waals surface area (Å²) in [7, 11) is 0. The van der Waals surface area contributed by atoms with E-state index in [-0.39, 0.29) is 38.1 Å². The van der Waals surface area contributed by atoms with E-state index in [1.807, 2.05) is 261 Å². The van der Waals surface area contributed by atoms with Crippen molar-refractivity contribution in [3.63, 3.8) is 0 Å². The number of para-hydroxylation sites is 1. The van der Waals surface area contributed by atoms with Crippen molar-refractivity contribution in [1.29, 1.82) is 5.26 Å². The molecule has 16 nitrogen and oxygen atoms in total. The molecular formula is C98H62N8O8. The predicted octanol–water partition coefficient (Wildman–Crippen LogP) is 22.5. The van der Waals surface area contributed by atoms with Crippen LogP contribution in [-0.2, 0) is 45.4 Å². The van der Waals surface area contributed by atoms with Crippen molar-refractivity contribution in [2.24, 2.45) is 0 Å². The van der Waals surface area contributed by atoms with Gasteiger partial charge in [0.25, 0.3) is 0 Å². The summed E-state index contributed by atoms with van der Waals surface area (Å²) in [6, 6.07) is 103. The minimum atomic E-state index is -0.537. The van der Waals surface area contributed by atoms with E-state index in [0.29, 0.717) is 139 Å². The molecule has 542 valence electrons. The Morgan fingerprint density at radius 2 is 0.658 bits per heavy atom. The average Bonchev–Trinajstić information content (AvgIpc) is 1.58. The zero-order chi connectivity index (χ0) is 77.6. The van der Waals surface area contributed by atoms with Gasteiger partial charge in [-0.05, 0) is 178 Å². The first-order valence-corrected chi connectivity index (χ1v) is 36.6. The molecule has 14 aromatic carbocycles. The fraction of sp³-hybridized carbons (Fsp3) is 0.0408. The summed E-state index contributed by atoms with van der Waals surface area (Å²) in [4.78, 5) is 80.2. The number of ether oxygens (including phenoxy) is 4. The lowest BCUT2D eigenvalue weighted by Gasteiger charge is -2.18. The third-order valence-corrected chi connectivity index (χ3v) is 20.0. The summed E-state index contributed by atoms with van der Waals surface area (Å²) >= 11 is 0. The molecule has 114 heavy (non-hydrogen) atoms. The molecule has 0 atom stereocenters. The summed E-state index contributed by atoms with van der Waals surface area (Å²) < 4.78 is 27.7. The molecule has 17 aromatic rings. The van der Waals surface area contributed by atoms with E-state index in [9.17, 15) is 24.4 Å². The third-order valence-electron chi connectivity index (χ3n) is 20.0. The first-order valence-electron chi connectivity index (χ1n) is 36.6. The van der Waals surface area contributed by atoms with E-state index in [0.717, 1.165) is 33.4 Å². The van der Waals surface area contributed by atoms with E-state index < -0.39 is 23.9 Å². The van der Waals surface area contributed by atoms with Crippen molar-refractivity contribution in [3.05, 3.63) is 400 Å². The lowest BCUT2D eigenvalue weighted by Crippen LogP contribution is -2.05. The average molecular weight is 1480 g/mol.